The fourth-order valence-electron chi connectivity index (χ4n) is 3.59. The van der Waals surface area contributed by atoms with Gasteiger partial charge in [-0.25, -0.2) is 5.43 Å². The number of hydrazone groups is 1. The van der Waals surface area contributed by atoms with E-state index in [2.05, 4.69) is 31.8 Å². The Bertz CT molecular complexity index is 1310. The molecule has 10 heteroatoms. The molecule has 0 spiro atoms. The first-order valence-corrected chi connectivity index (χ1v) is 12.4. The van der Waals surface area contributed by atoms with Gasteiger partial charge in [-0.2, -0.15) is 5.10 Å². The Kier molecular flexibility index (Phi) is 9.01. The molecule has 3 aromatic carbocycles. The first-order chi connectivity index (χ1) is 18.0. The van der Waals surface area contributed by atoms with E-state index in [1.165, 1.54) is 6.21 Å². The van der Waals surface area contributed by atoms with Crippen LogP contribution >= 0.6 is 15.9 Å². The number of carbonyl (C=O) groups excluding carboxylic acids is 3. The lowest BCUT2D eigenvalue weighted by molar-refractivity contribution is -0.136. The Morgan fingerprint density at radius 1 is 0.973 bits per heavy atom. The molecule has 1 aliphatic heterocycles. The minimum absolute atomic E-state index is 0.236. The highest BCUT2D eigenvalue weighted by Crippen LogP contribution is 2.19. The molecule has 1 heterocycles. The number of rotatable bonds is 7. The lowest BCUT2D eigenvalue weighted by Crippen LogP contribution is -2.41. The summed E-state index contributed by atoms with van der Waals surface area (Å²) in [5.74, 6) is -1.51. The summed E-state index contributed by atoms with van der Waals surface area (Å²) in [6.45, 7) is 2.24. The minimum atomic E-state index is -0.966. The predicted molar refractivity (Wildman–Crippen MR) is 142 cm³/mol. The van der Waals surface area contributed by atoms with Crippen molar-refractivity contribution in [2.45, 2.75) is 6.61 Å². The molecule has 1 aliphatic rings. The summed E-state index contributed by atoms with van der Waals surface area (Å²) in [7, 11) is 0. The van der Waals surface area contributed by atoms with Crippen molar-refractivity contribution in [3.8, 4) is 5.75 Å². The number of amides is 3. The van der Waals surface area contributed by atoms with E-state index in [0.717, 1.165) is 10.0 Å². The van der Waals surface area contributed by atoms with Crippen LogP contribution in [0.25, 0.3) is 0 Å². The van der Waals surface area contributed by atoms with Crippen LogP contribution in [0, 0.1) is 0 Å². The summed E-state index contributed by atoms with van der Waals surface area (Å²) in [6, 6.07) is 21.5. The maximum absolute atomic E-state index is 12.9. The van der Waals surface area contributed by atoms with Crippen LogP contribution in [0.3, 0.4) is 0 Å². The van der Waals surface area contributed by atoms with Crippen molar-refractivity contribution >= 4 is 45.6 Å². The van der Waals surface area contributed by atoms with Crippen LogP contribution in [-0.2, 0) is 20.9 Å². The van der Waals surface area contributed by atoms with Crippen molar-refractivity contribution in [2.75, 3.05) is 31.6 Å². The van der Waals surface area contributed by atoms with Crippen LogP contribution in [0.1, 0.15) is 21.5 Å². The van der Waals surface area contributed by atoms with Gasteiger partial charge in [0.25, 0.3) is 5.91 Å². The second-order valence-electron chi connectivity index (χ2n) is 8.09. The second-order valence-corrected chi connectivity index (χ2v) is 9.01. The smallest absolute Gasteiger partial charge is 0.329 e. The van der Waals surface area contributed by atoms with Gasteiger partial charge >= 0.3 is 11.8 Å². The van der Waals surface area contributed by atoms with Crippen LogP contribution in [0.15, 0.2) is 82.4 Å². The highest BCUT2D eigenvalue weighted by molar-refractivity contribution is 9.10. The molecular weight excluding hydrogens is 540 g/mol. The lowest BCUT2D eigenvalue weighted by atomic mass is 10.1. The van der Waals surface area contributed by atoms with Gasteiger partial charge in [0, 0.05) is 17.6 Å². The van der Waals surface area contributed by atoms with E-state index in [-0.39, 0.29) is 11.6 Å². The molecule has 1 fully saturated rings. The Morgan fingerprint density at radius 2 is 1.76 bits per heavy atom. The van der Waals surface area contributed by atoms with Gasteiger partial charge in [-0.05, 0) is 47.5 Å². The molecule has 37 heavy (non-hydrogen) atoms. The Labute approximate surface area is 222 Å². The fraction of sp³-hybridized carbons (Fsp3) is 0.185. The van der Waals surface area contributed by atoms with Gasteiger partial charge in [-0.3, -0.25) is 14.4 Å². The number of carbonyl (C=O) groups is 3. The predicted octanol–water partition coefficient (Wildman–Crippen LogP) is 3.59. The monoisotopic (exact) mass is 564 g/mol. The van der Waals surface area contributed by atoms with Crippen LogP contribution in [0.5, 0.6) is 5.75 Å². The zero-order valence-corrected chi connectivity index (χ0v) is 21.4. The number of para-hydroxylation sites is 1. The molecule has 0 aliphatic carbocycles. The number of benzene rings is 3. The van der Waals surface area contributed by atoms with Gasteiger partial charge in [0.1, 0.15) is 12.4 Å². The molecule has 0 unspecified atom stereocenters. The molecule has 1 saturated heterocycles. The Hall–Kier alpha value is -4.02. The summed E-state index contributed by atoms with van der Waals surface area (Å²) >= 11 is 3.44. The maximum Gasteiger partial charge on any atom is 0.329 e. The molecule has 2 N–H and O–H groups in total. The third-order valence-corrected chi connectivity index (χ3v) is 5.94. The average molecular weight is 565 g/mol. The van der Waals surface area contributed by atoms with Gasteiger partial charge in [0.15, 0.2) is 0 Å². The van der Waals surface area contributed by atoms with Crippen LogP contribution < -0.4 is 15.5 Å². The van der Waals surface area contributed by atoms with E-state index < -0.39 is 11.8 Å². The third-order valence-electron chi connectivity index (χ3n) is 5.44. The minimum Gasteiger partial charge on any atom is -0.489 e. The largest absolute Gasteiger partial charge is 0.489 e. The van der Waals surface area contributed by atoms with Gasteiger partial charge in [0.2, 0.25) is 0 Å². The van der Waals surface area contributed by atoms with Crippen molar-refractivity contribution in [1.29, 1.82) is 0 Å². The number of nitrogens with one attached hydrogen (secondary N) is 2. The summed E-state index contributed by atoms with van der Waals surface area (Å²) in [6.07, 6.45) is 1.41. The van der Waals surface area contributed by atoms with Gasteiger partial charge < -0.3 is 19.7 Å². The van der Waals surface area contributed by atoms with E-state index in [4.69, 9.17) is 9.47 Å². The first-order valence-electron chi connectivity index (χ1n) is 11.6. The number of hydrogen-bond donors (Lipinski definition) is 2. The second kappa shape index (κ2) is 12.8. The van der Waals surface area contributed by atoms with Crippen molar-refractivity contribution < 1.29 is 23.9 Å². The zero-order chi connectivity index (χ0) is 26.0. The highest BCUT2D eigenvalue weighted by Gasteiger charge is 2.22. The molecule has 0 atom stereocenters. The van der Waals surface area contributed by atoms with Crippen LogP contribution in [-0.4, -0.2) is 55.1 Å². The van der Waals surface area contributed by atoms with Crippen molar-refractivity contribution in [3.63, 3.8) is 0 Å². The van der Waals surface area contributed by atoms with Crippen molar-refractivity contribution in [2.24, 2.45) is 5.10 Å². The average Bonchev–Trinajstić information content (AvgIpc) is 2.92. The highest BCUT2D eigenvalue weighted by atomic mass is 79.9. The molecular formula is C27H25BrN4O5. The van der Waals surface area contributed by atoms with Gasteiger partial charge in [-0.15, -0.1) is 0 Å². The van der Waals surface area contributed by atoms with Crippen molar-refractivity contribution in [3.05, 3.63) is 94.0 Å². The normalized spacial score (nSPS) is 13.3. The fourth-order valence-corrected chi connectivity index (χ4v) is 4.04. The van der Waals surface area contributed by atoms with E-state index in [1.54, 1.807) is 47.4 Å². The van der Waals surface area contributed by atoms with E-state index >= 15 is 0 Å². The third kappa shape index (κ3) is 7.48. The van der Waals surface area contributed by atoms with E-state index in [0.29, 0.717) is 49.8 Å². The Morgan fingerprint density at radius 3 is 2.57 bits per heavy atom. The molecule has 0 radical (unpaired) electrons. The summed E-state index contributed by atoms with van der Waals surface area (Å²) < 4.78 is 12.1. The van der Waals surface area contributed by atoms with Crippen LogP contribution in [0.2, 0.25) is 0 Å². The molecule has 4 rings (SSSR count). The molecule has 3 aromatic rings. The van der Waals surface area contributed by atoms with E-state index in [9.17, 15) is 14.4 Å². The number of halogens is 1. The number of ether oxygens (including phenoxy) is 2. The summed E-state index contributed by atoms with van der Waals surface area (Å²) in [4.78, 5) is 39.2. The number of hydrogen-bond acceptors (Lipinski definition) is 6. The molecule has 0 aromatic heterocycles. The molecule has 0 bridgehead atoms. The number of anilines is 1. The molecule has 3 amide bonds. The lowest BCUT2D eigenvalue weighted by Gasteiger charge is -2.27. The number of nitrogens with zero attached hydrogens (tertiary/aromatic N) is 2. The quantitative estimate of drug-likeness (QED) is 0.259. The van der Waals surface area contributed by atoms with Gasteiger partial charge in [0.05, 0.1) is 30.7 Å². The molecule has 190 valence electrons. The molecule has 0 saturated carbocycles. The molecule has 9 nitrogen and oxygen atoms in total. The first kappa shape index (κ1) is 26.1. The van der Waals surface area contributed by atoms with Crippen LogP contribution in [0.4, 0.5) is 5.69 Å². The topological polar surface area (TPSA) is 109 Å². The standard InChI is InChI=1S/C27H25BrN4O5/c28-21-7-3-6-20(15-21)18-37-22-8-4-5-19(16-22)17-29-31-26(34)25(33)30-24-10-2-1-9-23(24)27(35)32-11-13-36-14-12-32/h1-10,15-17H,11-14,18H2,(H,30,33)(H,31,34). The summed E-state index contributed by atoms with van der Waals surface area (Å²) in [5.41, 5.74) is 4.44. The van der Waals surface area contributed by atoms with Gasteiger partial charge in [-0.1, -0.05) is 52.3 Å². The SMILES string of the molecule is O=C(NN=Cc1cccc(OCc2cccc(Br)c2)c1)C(=O)Nc1ccccc1C(=O)N1CCOCC1. The van der Waals surface area contributed by atoms with E-state index in [1.807, 2.05) is 30.3 Å². The maximum atomic E-state index is 12.9. The van der Waals surface area contributed by atoms with Crippen molar-refractivity contribution in [1.82, 2.24) is 10.3 Å². The number of morpholine rings is 1. The summed E-state index contributed by atoms with van der Waals surface area (Å²) in [5, 5.41) is 6.37. The Balaban J connectivity index is 1.31. The zero-order valence-electron chi connectivity index (χ0n) is 19.9.